The molecule has 0 bridgehead atoms. The number of aryl methyl sites for hydroxylation is 1. The van der Waals surface area contributed by atoms with E-state index in [4.69, 9.17) is 0 Å². The third-order valence-corrected chi connectivity index (χ3v) is 4.99. The van der Waals surface area contributed by atoms with Crippen LogP contribution in [0.5, 0.6) is 0 Å². The lowest BCUT2D eigenvalue weighted by atomic mass is 10.1. The maximum Gasteiger partial charge on any atom is 0.248 e. The number of amides is 1. The van der Waals surface area contributed by atoms with Gasteiger partial charge in [-0.2, -0.15) is 0 Å². The molecule has 25 heavy (non-hydrogen) atoms. The molecule has 134 valence electrons. The fourth-order valence-electron chi connectivity index (χ4n) is 2.60. The number of carbonyl (C=O) groups excluding carboxylic acids is 1. The van der Waals surface area contributed by atoms with Gasteiger partial charge in [0.1, 0.15) is 11.9 Å². The van der Waals surface area contributed by atoms with E-state index in [-0.39, 0.29) is 12.1 Å². The first-order valence-corrected chi connectivity index (χ1v) is 9.71. The van der Waals surface area contributed by atoms with Gasteiger partial charge in [-0.3, -0.25) is 9.10 Å². The summed E-state index contributed by atoms with van der Waals surface area (Å²) in [7, 11) is -3.87. The lowest BCUT2D eigenvalue weighted by Crippen LogP contribution is -2.47. The second-order valence-corrected chi connectivity index (χ2v) is 7.60. The zero-order chi connectivity index (χ0) is 18.6. The van der Waals surface area contributed by atoms with Gasteiger partial charge in [0.2, 0.25) is 15.9 Å². The molecule has 0 heterocycles. The Morgan fingerprint density at radius 1 is 1.16 bits per heavy atom. The van der Waals surface area contributed by atoms with E-state index < -0.39 is 27.8 Å². The van der Waals surface area contributed by atoms with Gasteiger partial charge in [-0.25, -0.2) is 12.8 Å². The first-order chi connectivity index (χ1) is 11.8. The number of para-hydroxylation sites is 2. The molecule has 1 atom stereocenters. The van der Waals surface area contributed by atoms with Gasteiger partial charge in [0.05, 0.1) is 11.9 Å². The summed E-state index contributed by atoms with van der Waals surface area (Å²) in [6, 6.07) is 11.6. The molecule has 2 aromatic carbocycles. The molecule has 1 unspecified atom stereocenters. The lowest BCUT2D eigenvalue weighted by molar-refractivity contribution is -0.117. The minimum absolute atomic E-state index is 0.142. The van der Waals surface area contributed by atoms with Crippen molar-refractivity contribution in [3.63, 3.8) is 0 Å². The normalized spacial score (nSPS) is 12.5. The summed E-state index contributed by atoms with van der Waals surface area (Å²) < 4.78 is 39.6. The van der Waals surface area contributed by atoms with Crippen molar-refractivity contribution in [2.45, 2.75) is 26.3 Å². The second-order valence-electron chi connectivity index (χ2n) is 5.74. The summed E-state index contributed by atoms with van der Waals surface area (Å²) in [6.45, 7) is 3.52. The third kappa shape index (κ3) is 4.36. The Kier molecular flexibility index (Phi) is 5.79. The quantitative estimate of drug-likeness (QED) is 0.855. The molecular weight excluding hydrogens is 343 g/mol. The summed E-state index contributed by atoms with van der Waals surface area (Å²) in [5.74, 6) is -1.21. The first-order valence-electron chi connectivity index (χ1n) is 7.86. The lowest BCUT2D eigenvalue weighted by Gasteiger charge is -2.30. The fourth-order valence-corrected chi connectivity index (χ4v) is 3.81. The Hall–Kier alpha value is -2.41. The van der Waals surface area contributed by atoms with E-state index in [0.29, 0.717) is 5.69 Å². The molecule has 0 aliphatic heterocycles. The Morgan fingerprint density at radius 2 is 1.76 bits per heavy atom. The molecule has 0 saturated carbocycles. The van der Waals surface area contributed by atoms with Crippen LogP contribution in [0.3, 0.4) is 0 Å². The minimum Gasteiger partial charge on any atom is -0.324 e. The molecule has 1 amide bonds. The Morgan fingerprint density at radius 3 is 2.32 bits per heavy atom. The smallest absolute Gasteiger partial charge is 0.248 e. The van der Waals surface area contributed by atoms with Crippen LogP contribution in [0.1, 0.15) is 18.9 Å². The molecule has 0 fully saturated rings. The van der Waals surface area contributed by atoms with Gasteiger partial charge >= 0.3 is 0 Å². The highest BCUT2D eigenvalue weighted by atomic mass is 32.2. The van der Waals surface area contributed by atoms with Crippen molar-refractivity contribution in [2.24, 2.45) is 0 Å². The van der Waals surface area contributed by atoms with Gasteiger partial charge in [0.25, 0.3) is 0 Å². The number of halogens is 1. The van der Waals surface area contributed by atoms with E-state index in [1.54, 1.807) is 19.1 Å². The van der Waals surface area contributed by atoms with E-state index >= 15 is 0 Å². The second kappa shape index (κ2) is 7.65. The van der Waals surface area contributed by atoms with Crippen LogP contribution in [0.15, 0.2) is 48.5 Å². The van der Waals surface area contributed by atoms with Crippen LogP contribution in [0.4, 0.5) is 15.8 Å². The number of rotatable bonds is 6. The van der Waals surface area contributed by atoms with Crippen LogP contribution in [0.25, 0.3) is 0 Å². The maximum atomic E-state index is 14.2. The molecule has 7 heteroatoms. The number of nitrogens with zero attached hydrogens (tertiary/aromatic N) is 1. The van der Waals surface area contributed by atoms with Crippen molar-refractivity contribution in [3.8, 4) is 0 Å². The van der Waals surface area contributed by atoms with Gasteiger partial charge < -0.3 is 5.32 Å². The highest BCUT2D eigenvalue weighted by Crippen LogP contribution is 2.26. The Balaban J connectivity index is 2.42. The van der Waals surface area contributed by atoms with Crippen molar-refractivity contribution < 1.29 is 17.6 Å². The average molecular weight is 364 g/mol. The van der Waals surface area contributed by atoms with Crippen LogP contribution in [0, 0.1) is 12.7 Å². The molecule has 2 aromatic rings. The summed E-state index contributed by atoms with van der Waals surface area (Å²) in [6.07, 6.45) is 1.16. The van der Waals surface area contributed by atoms with Crippen LogP contribution >= 0.6 is 0 Å². The molecule has 0 aliphatic rings. The number of hydrogen-bond acceptors (Lipinski definition) is 3. The molecule has 5 nitrogen and oxygen atoms in total. The van der Waals surface area contributed by atoms with Crippen LogP contribution in [-0.4, -0.2) is 26.6 Å². The standard InChI is InChI=1S/C18H21FN2O3S/c1-4-16(18(22)20-15-11-7-5-9-13(15)2)21(25(3,23)24)17-12-8-6-10-14(17)19/h5-12,16H,4H2,1-3H3,(H,20,22). The Bertz CT molecular complexity index is 868. The number of carbonyl (C=O) groups is 1. The van der Waals surface area contributed by atoms with Gasteiger partial charge in [-0.05, 0) is 37.1 Å². The topological polar surface area (TPSA) is 66.5 Å². The average Bonchev–Trinajstić information content (AvgIpc) is 2.54. The summed E-state index contributed by atoms with van der Waals surface area (Å²) in [5, 5.41) is 2.74. The van der Waals surface area contributed by atoms with E-state index in [1.165, 1.54) is 24.3 Å². The number of anilines is 2. The number of sulfonamides is 1. The van der Waals surface area contributed by atoms with Crippen LogP contribution < -0.4 is 9.62 Å². The molecule has 0 saturated heterocycles. The minimum atomic E-state index is -3.87. The number of benzene rings is 2. The zero-order valence-corrected chi connectivity index (χ0v) is 15.2. The van der Waals surface area contributed by atoms with Crippen LogP contribution in [-0.2, 0) is 14.8 Å². The highest BCUT2D eigenvalue weighted by molar-refractivity contribution is 7.92. The van der Waals surface area contributed by atoms with E-state index in [2.05, 4.69) is 5.32 Å². The molecule has 1 N–H and O–H groups in total. The SMILES string of the molecule is CCC(C(=O)Nc1ccccc1C)N(c1ccccc1F)S(C)(=O)=O. The van der Waals surface area contributed by atoms with Gasteiger partial charge in [-0.15, -0.1) is 0 Å². The van der Waals surface area contributed by atoms with Crippen molar-refractivity contribution in [3.05, 3.63) is 59.9 Å². The van der Waals surface area contributed by atoms with Crippen molar-refractivity contribution in [1.29, 1.82) is 0 Å². The summed E-state index contributed by atoms with van der Waals surface area (Å²) in [4.78, 5) is 12.7. The van der Waals surface area contributed by atoms with Crippen molar-refractivity contribution in [2.75, 3.05) is 15.9 Å². The van der Waals surface area contributed by atoms with Gasteiger partial charge in [-0.1, -0.05) is 37.3 Å². The van der Waals surface area contributed by atoms with E-state index in [1.807, 2.05) is 19.1 Å². The van der Waals surface area contributed by atoms with Gasteiger partial charge in [0.15, 0.2) is 0 Å². The molecule has 0 aromatic heterocycles. The fraction of sp³-hybridized carbons (Fsp3) is 0.278. The maximum absolute atomic E-state index is 14.2. The first kappa shape index (κ1) is 18.9. The van der Waals surface area contributed by atoms with Crippen molar-refractivity contribution in [1.82, 2.24) is 0 Å². The van der Waals surface area contributed by atoms with Crippen LogP contribution in [0.2, 0.25) is 0 Å². The highest BCUT2D eigenvalue weighted by Gasteiger charge is 2.33. The molecule has 0 radical (unpaired) electrons. The monoisotopic (exact) mass is 364 g/mol. The number of hydrogen-bond donors (Lipinski definition) is 1. The number of nitrogens with one attached hydrogen (secondary N) is 1. The Labute approximate surface area is 147 Å². The zero-order valence-electron chi connectivity index (χ0n) is 14.4. The van der Waals surface area contributed by atoms with Gasteiger partial charge in [0, 0.05) is 5.69 Å². The molecule has 0 spiro atoms. The van der Waals surface area contributed by atoms with Crippen molar-refractivity contribution >= 4 is 27.3 Å². The summed E-state index contributed by atoms with van der Waals surface area (Å²) in [5.41, 5.74) is 1.30. The summed E-state index contributed by atoms with van der Waals surface area (Å²) >= 11 is 0. The third-order valence-electron chi connectivity index (χ3n) is 3.82. The predicted molar refractivity (Wildman–Crippen MR) is 97.6 cm³/mol. The van der Waals surface area contributed by atoms with E-state index in [9.17, 15) is 17.6 Å². The van der Waals surface area contributed by atoms with E-state index in [0.717, 1.165) is 16.1 Å². The predicted octanol–water partition coefficient (Wildman–Crippen LogP) is 3.32. The molecule has 2 rings (SSSR count). The molecular formula is C18H21FN2O3S. The molecule has 0 aliphatic carbocycles. The largest absolute Gasteiger partial charge is 0.324 e.